The SMILES string of the molecule is CN1[C@H]2CC[C@H]1CN(C(=O)N[C@@H]1CCSc3ccc(F)cc31)CC2. The summed E-state index contributed by atoms with van der Waals surface area (Å²) in [6.07, 6.45) is 4.33. The number of hydrogen-bond donors (Lipinski definition) is 1. The van der Waals surface area contributed by atoms with Crippen molar-refractivity contribution < 1.29 is 9.18 Å². The van der Waals surface area contributed by atoms with E-state index in [-0.39, 0.29) is 17.9 Å². The van der Waals surface area contributed by atoms with Crippen molar-refractivity contribution in [2.45, 2.75) is 48.7 Å². The number of benzene rings is 1. The van der Waals surface area contributed by atoms with Crippen molar-refractivity contribution in [2.24, 2.45) is 0 Å². The molecule has 130 valence electrons. The van der Waals surface area contributed by atoms with Crippen molar-refractivity contribution >= 4 is 17.8 Å². The molecule has 0 saturated carbocycles. The first kappa shape index (κ1) is 16.2. The molecule has 2 bridgehead atoms. The van der Waals surface area contributed by atoms with Crippen LogP contribution in [0.3, 0.4) is 0 Å². The Morgan fingerprint density at radius 1 is 1.25 bits per heavy atom. The molecule has 1 aromatic carbocycles. The zero-order chi connectivity index (χ0) is 16.7. The molecule has 3 atom stereocenters. The van der Waals surface area contributed by atoms with Crippen molar-refractivity contribution in [3.05, 3.63) is 29.6 Å². The normalized spacial score (nSPS) is 29.9. The van der Waals surface area contributed by atoms with Crippen LogP contribution < -0.4 is 5.32 Å². The van der Waals surface area contributed by atoms with Crippen molar-refractivity contribution in [3.8, 4) is 0 Å². The largest absolute Gasteiger partial charge is 0.331 e. The lowest BCUT2D eigenvalue weighted by atomic mass is 10.0. The number of likely N-dealkylation sites (tertiary alicyclic amines) is 1. The highest BCUT2D eigenvalue weighted by atomic mass is 32.2. The van der Waals surface area contributed by atoms with Crippen LogP contribution in [-0.4, -0.2) is 53.8 Å². The quantitative estimate of drug-likeness (QED) is 0.845. The fourth-order valence-electron chi connectivity index (χ4n) is 4.25. The third-order valence-corrected chi connectivity index (χ3v) is 6.87. The van der Waals surface area contributed by atoms with Gasteiger partial charge in [-0.05, 0) is 56.5 Å². The minimum atomic E-state index is -0.232. The summed E-state index contributed by atoms with van der Waals surface area (Å²) in [6, 6.07) is 5.92. The minimum Gasteiger partial charge on any atom is -0.331 e. The number of thioether (sulfide) groups is 1. The van der Waals surface area contributed by atoms with Gasteiger partial charge < -0.3 is 10.2 Å². The molecule has 0 aromatic heterocycles. The van der Waals surface area contributed by atoms with Crippen molar-refractivity contribution in [1.29, 1.82) is 0 Å². The molecule has 0 unspecified atom stereocenters. The molecule has 2 saturated heterocycles. The lowest BCUT2D eigenvalue weighted by molar-refractivity contribution is 0.184. The van der Waals surface area contributed by atoms with Crippen LogP contribution in [0.25, 0.3) is 0 Å². The maximum atomic E-state index is 13.6. The molecule has 3 aliphatic heterocycles. The smallest absolute Gasteiger partial charge is 0.317 e. The maximum absolute atomic E-state index is 13.6. The van der Waals surface area contributed by atoms with Crippen LogP contribution in [-0.2, 0) is 0 Å². The zero-order valence-corrected chi connectivity index (χ0v) is 14.8. The average Bonchev–Trinajstić information content (AvgIpc) is 2.80. The van der Waals surface area contributed by atoms with Gasteiger partial charge in [-0.15, -0.1) is 11.8 Å². The van der Waals surface area contributed by atoms with Gasteiger partial charge in [-0.3, -0.25) is 4.90 Å². The van der Waals surface area contributed by atoms with Crippen LogP contribution in [0, 0.1) is 5.82 Å². The Morgan fingerprint density at radius 2 is 2.08 bits per heavy atom. The van der Waals surface area contributed by atoms with E-state index < -0.39 is 0 Å². The van der Waals surface area contributed by atoms with Gasteiger partial charge in [0.2, 0.25) is 0 Å². The second-order valence-corrected chi connectivity index (χ2v) is 8.24. The fraction of sp³-hybridized carbons (Fsp3) is 0.611. The highest BCUT2D eigenvalue weighted by Crippen LogP contribution is 2.36. The van der Waals surface area contributed by atoms with Gasteiger partial charge in [0.1, 0.15) is 5.82 Å². The highest BCUT2D eigenvalue weighted by molar-refractivity contribution is 7.99. The summed E-state index contributed by atoms with van der Waals surface area (Å²) >= 11 is 1.74. The second-order valence-electron chi connectivity index (χ2n) is 7.11. The van der Waals surface area contributed by atoms with E-state index in [0.717, 1.165) is 42.1 Å². The monoisotopic (exact) mass is 349 g/mol. The highest BCUT2D eigenvalue weighted by Gasteiger charge is 2.36. The summed E-state index contributed by atoms with van der Waals surface area (Å²) in [5.74, 6) is 0.723. The number of nitrogens with zero attached hydrogens (tertiary/aromatic N) is 2. The van der Waals surface area contributed by atoms with Crippen LogP contribution in [0.2, 0.25) is 0 Å². The number of fused-ring (bicyclic) bond motifs is 3. The van der Waals surface area contributed by atoms with Gasteiger partial charge in [0.05, 0.1) is 6.04 Å². The van der Waals surface area contributed by atoms with Crippen LogP contribution in [0.4, 0.5) is 9.18 Å². The van der Waals surface area contributed by atoms with Crippen molar-refractivity contribution in [1.82, 2.24) is 15.1 Å². The number of carbonyl (C=O) groups is 1. The van der Waals surface area contributed by atoms with Gasteiger partial charge in [0, 0.05) is 35.8 Å². The molecule has 3 aliphatic rings. The Morgan fingerprint density at radius 3 is 2.96 bits per heavy atom. The first-order valence-electron chi connectivity index (χ1n) is 8.81. The van der Waals surface area contributed by atoms with Crippen LogP contribution >= 0.6 is 11.8 Å². The molecule has 4 rings (SSSR count). The number of urea groups is 1. The van der Waals surface area contributed by atoms with Gasteiger partial charge in [-0.2, -0.15) is 0 Å². The van der Waals surface area contributed by atoms with Gasteiger partial charge in [-0.1, -0.05) is 0 Å². The Bertz CT molecular complexity index is 641. The molecule has 2 amide bonds. The van der Waals surface area contributed by atoms with Crippen LogP contribution in [0.1, 0.15) is 37.3 Å². The molecule has 2 fully saturated rings. The van der Waals surface area contributed by atoms with E-state index in [4.69, 9.17) is 0 Å². The van der Waals surface area contributed by atoms with Crippen LogP contribution in [0.15, 0.2) is 23.1 Å². The molecule has 3 heterocycles. The number of carbonyl (C=O) groups excluding carboxylic acids is 1. The lowest BCUT2D eigenvalue weighted by Gasteiger charge is -2.30. The van der Waals surface area contributed by atoms with E-state index in [0.29, 0.717) is 12.1 Å². The number of rotatable bonds is 1. The molecule has 4 nitrogen and oxygen atoms in total. The number of nitrogens with one attached hydrogen (secondary N) is 1. The topological polar surface area (TPSA) is 35.6 Å². The molecule has 6 heteroatoms. The first-order valence-corrected chi connectivity index (χ1v) is 9.80. The predicted molar refractivity (Wildman–Crippen MR) is 93.8 cm³/mol. The van der Waals surface area contributed by atoms with E-state index in [1.54, 1.807) is 17.8 Å². The van der Waals surface area contributed by atoms with E-state index in [2.05, 4.69) is 17.3 Å². The Labute approximate surface area is 146 Å². The predicted octanol–water partition coefficient (Wildman–Crippen LogP) is 3.24. The van der Waals surface area contributed by atoms with E-state index in [1.807, 2.05) is 11.0 Å². The standard InChI is InChI=1S/C18H24FN3OS/c1-21-13-3-4-14(21)11-22(8-6-13)18(23)20-16-7-9-24-17-5-2-12(19)10-15(16)17/h2,5,10,13-14,16H,3-4,6-9,11H2,1H3,(H,20,23)/t13-,14-,16+/m0/s1. The number of likely N-dealkylation sites (N-methyl/N-ethyl adjacent to an activating group) is 1. The van der Waals surface area contributed by atoms with E-state index >= 15 is 0 Å². The average molecular weight is 349 g/mol. The summed E-state index contributed by atoms with van der Waals surface area (Å²) < 4.78 is 13.6. The van der Waals surface area contributed by atoms with Crippen molar-refractivity contribution in [3.63, 3.8) is 0 Å². The van der Waals surface area contributed by atoms with Crippen molar-refractivity contribution in [2.75, 3.05) is 25.9 Å². The van der Waals surface area contributed by atoms with Crippen LogP contribution in [0.5, 0.6) is 0 Å². The van der Waals surface area contributed by atoms with Gasteiger partial charge in [-0.25, -0.2) is 9.18 Å². The molecule has 1 N–H and O–H groups in total. The molecule has 0 spiro atoms. The summed E-state index contributed by atoms with van der Waals surface area (Å²) in [6.45, 7) is 1.62. The van der Waals surface area contributed by atoms with E-state index in [1.165, 1.54) is 18.9 Å². The van der Waals surface area contributed by atoms with Gasteiger partial charge in [0.15, 0.2) is 0 Å². The molecule has 1 aromatic rings. The lowest BCUT2D eigenvalue weighted by Crippen LogP contribution is -2.46. The number of amides is 2. The summed E-state index contributed by atoms with van der Waals surface area (Å²) in [4.78, 5) is 18.3. The number of halogens is 1. The zero-order valence-electron chi connectivity index (χ0n) is 14.0. The van der Waals surface area contributed by atoms with Gasteiger partial charge in [0.25, 0.3) is 0 Å². The fourth-order valence-corrected chi connectivity index (χ4v) is 5.35. The molecule has 0 aliphatic carbocycles. The molecular formula is C18H24FN3OS. The summed E-state index contributed by atoms with van der Waals surface area (Å²) in [5, 5.41) is 3.16. The number of hydrogen-bond acceptors (Lipinski definition) is 3. The molecule has 24 heavy (non-hydrogen) atoms. The summed E-state index contributed by atoms with van der Waals surface area (Å²) in [5.41, 5.74) is 0.924. The Balaban J connectivity index is 1.46. The second kappa shape index (κ2) is 6.56. The minimum absolute atomic E-state index is 0.00283. The first-order chi connectivity index (χ1) is 11.6. The molecular weight excluding hydrogens is 325 g/mol. The van der Waals surface area contributed by atoms with Gasteiger partial charge >= 0.3 is 6.03 Å². The third-order valence-electron chi connectivity index (χ3n) is 5.74. The Hall–Kier alpha value is -1.27. The Kier molecular flexibility index (Phi) is 4.43. The van der Waals surface area contributed by atoms with E-state index in [9.17, 15) is 9.18 Å². The third kappa shape index (κ3) is 3.02. The summed E-state index contributed by atoms with van der Waals surface area (Å²) in [7, 11) is 2.18. The molecule has 0 radical (unpaired) electrons. The maximum Gasteiger partial charge on any atom is 0.317 e.